The molecular formula is C43H47F2N9O4. The number of imide groups is 1. The molecule has 302 valence electrons. The normalized spacial score (nSPS) is 19.8. The lowest BCUT2D eigenvalue weighted by atomic mass is 9.92. The Morgan fingerprint density at radius 3 is 2.28 bits per heavy atom. The van der Waals surface area contributed by atoms with Crippen LogP contribution in [0.2, 0.25) is 0 Å². The van der Waals surface area contributed by atoms with Crippen LogP contribution in [0.4, 0.5) is 43.2 Å². The summed E-state index contributed by atoms with van der Waals surface area (Å²) in [4.78, 5) is 64.1. The fourth-order valence-electron chi connectivity index (χ4n) is 8.42. The molecule has 4 aliphatic rings. The van der Waals surface area contributed by atoms with E-state index in [2.05, 4.69) is 41.0 Å². The molecule has 4 amide bonds. The van der Waals surface area contributed by atoms with Crippen molar-refractivity contribution < 1.29 is 28.0 Å². The molecule has 4 aromatic rings. The number of aromatic nitrogens is 2. The highest BCUT2D eigenvalue weighted by molar-refractivity contribution is 6.01. The lowest BCUT2D eigenvalue weighted by molar-refractivity contribution is -0.133. The van der Waals surface area contributed by atoms with E-state index in [-0.39, 0.29) is 47.5 Å². The zero-order chi connectivity index (χ0) is 40.2. The maximum atomic E-state index is 15.2. The molecule has 0 aliphatic carbocycles. The summed E-state index contributed by atoms with van der Waals surface area (Å²) in [5, 5.41) is 11.5. The van der Waals surface area contributed by atoms with Crippen LogP contribution in [-0.2, 0) is 19.2 Å². The number of nitrogens with one attached hydrogen (secondary N) is 4. The molecule has 4 N–H and O–H groups in total. The van der Waals surface area contributed by atoms with Crippen molar-refractivity contribution in [3.8, 4) is 11.3 Å². The molecule has 13 nitrogen and oxygen atoms in total. The van der Waals surface area contributed by atoms with Gasteiger partial charge in [0.25, 0.3) is 0 Å². The minimum absolute atomic E-state index is 0.0128. The summed E-state index contributed by atoms with van der Waals surface area (Å²) < 4.78 is 30.2. The maximum absolute atomic E-state index is 15.2. The largest absolute Gasteiger partial charge is 0.374 e. The van der Waals surface area contributed by atoms with Crippen LogP contribution in [0.25, 0.3) is 11.3 Å². The van der Waals surface area contributed by atoms with E-state index in [4.69, 9.17) is 0 Å². The van der Waals surface area contributed by atoms with Gasteiger partial charge in [-0.1, -0.05) is 12.1 Å². The van der Waals surface area contributed by atoms with Crippen molar-refractivity contribution in [1.29, 1.82) is 0 Å². The van der Waals surface area contributed by atoms with Crippen LogP contribution in [-0.4, -0.2) is 83.3 Å². The van der Waals surface area contributed by atoms with E-state index in [0.717, 1.165) is 76.6 Å². The first-order valence-corrected chi connectivity index (χ1v) is 20.2. The van der Waals surface area contributed by atoms with Crippen LogP contribution >= 0.6 is 0 Å². The van der Waals surface area contributed by atoms with Crippen molar-refractivity contribution in [2.75, 3.05) is 58.5 Å². The number of rotatable bonds is 10. The van der Waals surface area contributed by atoms with Gasteiger partial charge in [-0.05, 0) is 113 Å². The predicted octanol–water partition coefficient (Wildman–Crippen LogP) is 6.22. The van der Waals surface area contributed by atoms with Crippen molar-refractivity contribution in [1.82, 2.24) is 20.2 Å². The summed E-state index contributed by atoms with van der Waals surface area (Å²) in [6.45, 7) is 3.72. The Balaban J connectivity index is 0.790. The molecule has 1 aromatic heterocycles. The molecule has 4 aliphatic heterocycles. The van der Waals surface area contributed by atoms with Gasteiger partial charge in [-0.2, -0.15) is 0 Å². The van der Waals surface area contributed by atoms with Gasteiger partial charge in [0.2, 0.25) is 29.6 Å². The number of anilines is 6. The minimum atomic E-state index is -0.569. The quantitative estimate of drug-likeness (QED) is 0.136. The number of amides is 4. The van der Waals surface area contributed by atoms with Gasteiger partial charge in [-0.15, -0.1) is 0 Å². The van der Waals surface area contributed by atoms with Gasteiger partial charge in [-0.25, -0.2) is 18.7 Å². The Morgan fingerprint density at radius 2 is 1.53 bits per heavy atom. The van der Waals surface area contributed by atoms with Crippen molar-refractivity contribution in [3.05, 3.63) is 84.6 Å². The van der Waals surface area contributed by atoms with Crippen LogP contribution in [0, 0.1) is 17.6 Å². The van der Waals surface area contributed by atoms with Crippen LogP contribution in [0.15, 0.2) is 72.9 Å². The highest BCUT2D eigenvalue weighted by Crippen LogP contribution is 2.32. The van der Waals surface area contributed by atoms with Crippen LogP contribution in [0.5, 0.6) is 0 Å². The summed E-state index contributed by atoms with van der Waals surface area (Å²) in [5.41, 5.74) is 3.78. The lowest BCUT2D eigenvalue weighted by Gasteiger charge is -2.42. The Morgan fingerprint density at radius 1 is 0.776 bits per heavy atom. The Bertz CT molecular complexity index is 2170. The molecule has 15 heteroatoms. The van der Waals surface area contributed by atoms with E-state index in [1.54, 1.807) is 59.5 Å². The van der Waals surface area contributed by atoms with E-state index >= 15 is 4.39 Å². The van der Waals surface area contributed by atoms with Crippen molar-refractivity contribution in [2.24, 2.45) is 5.92 Å². The molecule has 3 aromatic carbocycles. The van der Waals surface area contributed by atoms with Gasteiger partial charge in [0.1, 0.15) is 17.6 Å². The Kier molecular flexibility index (Phi) is 11.6. The van der Waals surface area contributed by atoms with Gasteiger partial charge in [0.15, 0.2) is 5.82 Å². The average molecular weight is 792 g/mol. The number of benzene rings is 3. The SMILES string of the molecule is O=C1CCC(Nc2ccc(N3CCC(N4CCC(C(=O)Nc5ccc(Nc6ncc(F)c(-c7cccc(N8CCCCC8=O)c7)n6)cc5)CC4)CC3)c(F)c2)C(=O)N1. The number of carbonyl (C=O) groups excluding carboxylic acids is 4. The monoisotopic (exact) mass is 791 g/mol. The number of nitrogens with zero attached hydrogens (tertiary/aromatic N) is 5. The second-order valence-electron chi connectivity index (χ2n) is 15.5. The lowest BCUT2D eigenvalue weighted by Crippen LogP contribution is -2.49. The first kappa shape index (κ1) is 38.9. The average Bonchev–Trinajstić information content (AvgIpc) is 3.24. The number of halogens is 2. The van der Waals surface area contributed by atoms with E-state index in [9.17, 15) is 23.6 Å². The van der Waals surface area contributed by atoms with E-state index in [0.29, 0.717) is 53.7 Å². The summed E-state index contributed by atoms with van der Waals surface area (Å²) in [6, 6.07) is 19.1. The fraction of sp³-hybridized carbons (Fsp3) is 0.395. The van der Waals surface area contributed by atoms with Gasteiger partial charge < -0.3 is 30.7 Å². The summed E-state index contributed by atoms with van der Waals surface area (Å²) >= 11 is 0. The summed E-state index contributed by atoms with van der Waals surface area (Å²) in [6.07, 6.45) is 7.35. The fourth-order valence-corrected chi connectivity index (χ4v) is 8.42. The zero-order valence-electron chi connectivity index (χ0n) is 32.2. The number of carbonyl (C=O) groups is 4. The summed E-state index contributed by atoms with van der Waals surface area (Å²) in [5.74, 6) is -1.44. The molecule has 1 unspecified atom stereocenters. The topological polar surface area (TPSA) is 152 Å². The molecule has 58 heavy (non-hydrogen) atoms. The van der Waals surface area contributed by atoms with Crippen molar-refractivity contribution in [2.45, 2.75) is 69.9 Å². The molecule has 0 radical (unpaired) electrons. The molecule has 0 spiro atoms. The summed E-state index contributed by atoms with van der Waals surface area (Å²) in [7, 11) is 0. The smallest absolute Gasteiger partial charge is 0.249 e. The van der Waals surface area contributed by atoms with E-state index < -0.39 is 17.8 Å². The predicted molar refractivity (Wildman–Crippen MR) is 218 cm³/mol. The molecule has 0 bridgehead atoms. The van der Waals surface area contributed by atoms with Crippen LogP contribution < -0.4 is 31.1 Å². The number of hydrogen-bond donors (Lipinski definition) is 4. The second-order valence-corrected chi connectivity index (χ2v) is 15.5. The van der Waals surface area contributed by atoms with Gasteiger partial charge >= 0.3 is 0 Å². The Hall–Kier alpha value is -5.96. The third kappa shape index (κ3) is 8.94. The number of piperidine rings is 4. The maximum Gasteiger partial charge on any atom is 0.249 e. The van der Waals surface area contributed by atoms with Gasteiger partial charge in [0, 0.05) is 72.7 Å². The van der Waals surface area contributed by atoms with E-state index in [1.165, 1.54) is 6.07 Å². The second kappa shape index (κ2) is 17.3. The first-order valence-electron chi connectivity index (χ1n) is 20.2. The van der Waals surface area contributed by atoms with Crippen molar-refractivity contribution >= 4 is 58.0 Å². The first-order chi connectivity index (χ1) is 28.2. The van der Waals surface area contributed by atoms with Crippen LogP contribution in [0.3, 0.4) is 0 Å². The molecule has 1 atom stereocenters. The third-order valence-electron chi connectivity index (χ3n) is 11.7. The highest BCUT2D eigenvalue weighted by Gasteiger charge is 2.32. The minimum Gasteiger partial charge on any atom is -0.374 e. The van der Waals surface area contributed by atoms with Gasteiger partial charge in [-0.3, -0.25) is 24.5 Å². The van der Waals surface area contributed by atoms with Crippen molar-refractivity contribution in [3.63, 3.8) is 0 Å². The highest BCUT2D eigenvalue weighted by atomic mass is 19.1. The molecule has 4 saturated heterocycles. The number of hydrogen-bond acceptors (Lipinski definition) is 10. The zero-order valence-corrected chi connectivity index (χ0v) is 32.2. The molecule has 0 saturated carbocycles. The molecular weight excluding hydrogens is 745 g/mol. The van der Waals surface area contributed by atoms with E-state index in [1.807, 2.05) is 6.07 Å². The molecule has 4 fully saturated rings. The molecule has 5 heterocycles. The Labute approximate surface area is 335 Å². The van der Waals surface area contributed by atoms with Crippen LogP contribution in [0.1, 0.15) is 57.8 Å². The number of likely N-dealkylation sites (tertiary alicyclic amines) is 1. The van der Waals surface area contributed by atoms with Gasteiger partial charge in [0.05, 0.1) is 11.9 Å². The molecule has 8 rings (SSSR count). The standard InChI is InChI=1S/C43H47F2N9O4/c44-34-25-31(47-36-12-14-38(55)50-42(36)58)11-13-37(34)53-22-17-32(18-23-53)52-20-15-27(16-21-52)41(57)48-29-7-9-30(10-8-29)49-43-46-26-35(45)40(51-43)28-4-3-5-33(24-28)54-19-2-1-6-39(54)56/h3-5,7-11,13,24-27,32,36,47H,1-2,6,12,14-23H2,(H,48,57)(H,46,49,51)(H,50,55,58). The third-order valence-corrected chi connectivity index (χ3v) is 11.7.